The Bertz CT molecular complexity index is 447. The van der Waals surface area contributed by atoms with E-state index in [0.29, 0.717) is 13.2 Å². The quantitative estimate of drug-likeness (QED) is 0.736. The Morgan fingerprint density at radius 2 is 1.67 bits per heavy atom. The first kappa shape index (κ1) is 18.1. The van der Waals surface area contributed by atoms with E-state index in [9.17, 15) is 0 Å². The lowest BCUT2D eigenvalue weighted by atomic mass is 9.86. The predicted octanol–water partition coefficient (Wildman–Crippen LogP) is 4.32. The van der Waals surface area contributed by atoms with Crippen molar-refractivity contribution >= 4 is 11.6 Å². The molecule has 120 valence electrons. The van der Waals surface area contributed by atoms with Crippen LogP contribution in [0.2, 0.25) is 5.02 Å². The maximum absolute atomic E-state index is 6.39. The van der Waals surface area contributed by atoms with Crippen molar-refractivity contribution < 1.29 is 9.47 Å². The van der Waals surface area contributed by atoms with E-state index < -0.39 is 0 Å². The first-order valence-electron chi connectivity index (χ1n) is 7.66. The van der Waals surface area contributed by atoms with Crippen molar-refractivity contribution in [2.24, 2.45) is 5.41 Å². The van der Waals surface area contributed by atoms with Crippen molar-refractivity contribution in [1.82, 2.24) is 5.32 Å². The molecule has 0 heterocycles. The molecule has 0 fully saturated rings. The summed E-state index contributed by atoms with van der Waals surface area (Å²) < 4.78 is 11.3. The highest BCUT2D eigenvalue weighted by molar-refractivity contribution is 6.31. The van der Waals surface area contributed by atoms with Crippen LogP contribution in [0, 0.1) is 5.41 Å². The van der Waals surface area contributed by atoms with Gasteiger partial charge in [-0.2, -0.15) is 0 Å². The molecule has 0 aliphatic heterocycles. The molecule has 0 spiro atoms. The third kappa shape index (κ3) is 5.76. The van der Waals surface area contributed by atoms with Gasteiger partial charge in [-0.25, -0.2) is 0 Å². The van der Waals surface area contributed by atoms with E-state index in [2.05, 4.69) is 19.2 Å². The Labute approximate surface area is 134 Å². The number of hydrogen-bond acceptors (Lipinski definition) is 3. The van der Waals surface area contributed by atoms with Crippen molar-refractivity contribution in [2.45, 2.75) is 40.5 Å². The highest BCUT2D eigenvalue weighted by atomic mass is 35.5. The molecule has 0 saturated carbocycles. The number of hydrogen-bond donors (Lipinski definition) is 1. The average Bonchev–Trinajstić information content (AvgIpc) is 2.40. The first-order valence-corrected chi connectivity index (χ1v) is 8.04. The topological polar surface area (TPSA) is 30.5 Å². The molecule has 0 atom stereocenters. The molecular weight excluding hydrogens is 286 g/mol. The zero-order chi connectivity index (χ0) is 15.9. The van der Waals surface area contributed by atoms with Gasteiger partial charge < -0.3 is 14.8 Å². The first-order chi connectivity index (χ1) is 9.93. The summed E-state index contributed by atoms with van der Waals surface area (Å²) in [5, 5.41) is 3.99. The third-order valence-corrected chi connectivity index (χ3v) is 3.79. The summed E-state index contributed by atoms with van der Waals surface area (Å²) in [7, 11) is 1.98. The summed E-state index contributed by atoms with van der Waals surface area (Å²) in [6.07, 6.45) is 1.99. The van der Waals surface area contributed by atoms with E-state index in [1.807, 2.05) is 33.0 Å². The molecule has 1 aromatic rings. The Morgan fingerprint density at radius 3 is 2.19 bits per heavy atom. The van der Waals surface area contributed by atoms with E-state index in [0.717, 1.165) is 41.5 Å². The van der Waals surface area contributed by atoms with Crippen LogP contribution in [0.5, 0.6) is 11.5 Å². The summed E-state index contributed by atoms with van der Waals surface area (Å²) >= 11 is 6.39. The molecule has 0 radical (unpaired) electrons. The normalized spacial score (nSPS) is 11.5. The van der Waals surface area contributed by atoms with Gasteiger partial charge in [0.1, 0.15) is 0 Å². The van der Waals surface area contributed by atoms with Crippen LogP contribution < -0.4 is 14.8 Å². The molecule has 1 N–H and O–H groups in total. The third-order valence-electron chi connectivity index (χ3n) is 3.44. The fourth-order valence-corrected chi connectivity index (χ4v) is 2.59. The van der Waals surface area contributed by atoms with Crippen LogP contribution in [0.25, 0.3) is 0 Å². The van der Waals surface area contributed by atoms with Crippen LogP contribution in [-0.4, -0.2) is 26.8 Å². The van der Waals surface area contributed by atoms with Gasteiger partial charge in [-0.1, -0.05) is 25.4 Å². The Kier molecular flexibility index (Phi) is 7.33. The predicted molar refractivity (Wildman–Crippen MR) is 89.8 cm³/mol. The van der Waals surface area contributed by atoms with Crippen LogP contribution in [-0.2, 0) is 6.42 Å². The number of nitrogens with one attached hydrogen (secondary N) is 1. The van der Waals surface area contributed by atoms with E-state index in [1.54, 1.807) is 0 Å². The summed E-state index contributed by atoms with van der Waals surface area (Å²) in [4.78, 5) is 0. The molecule has 0 saturated heterocycles. The minimum Gasteiger partial charge on any atom is -0.490 e. The second kappa shape index (κ2) is 8.50. The molecule has 3 nitrogen and oxygen atoms in total. The molecular formula is C17H28ClNO2. The molecule has 0 bridgehead atoms. The second-order valence-electron chi connectivity index (χ2n) is 5.95. The standard InChI is InChI=1S/C17H28ClNO2/c1-6-20-15-10-13(8-9-17(3,4)12-19-5)14(18)11-16(15)21-7-2/h10-11,19H,6-9,12H2,1-5H3. The van der Waals surface area contributed by atoms with Crippen molar-refractivity contribution in [3.05, 3.63) is 22.7 Å². The molecule has 1 aromatic carbocycles. The Morgan fingerprint density at radius 1 is 1.10 bits per heavy atom. The van der Waals surface area contributed by atoms with Gasteiger partial charge in [0.05, 0.1) is 13.2 Å². The van der Waals surface area contributed by atoms with Gasteiger partial charge in [0.15, 0.2) is 11.5 Å². The lowest BCUT2D eigenvalue weighted by molar-refractivity contribution is 0.287. The van der Waals surface area contributed by atoms with Crippen LogP contribution in [0.4, 0.5) is 0 Å². The van der Waals surface area contributed by atoms with Gasteiger partial charge in [0.25, 0.3) is 0 Å². The molecule has 0 amide bonds. The SMILES string of the molecule is CCOc1cc(Cl)c(CCC(C)(C)CNC)cc1OCC. The van der Waals surface area contributed by atoms with E-state index >= 15 is 0 Å². The van der Waals surface area contributed by atoms with E-state index in [1.165, 1.54) is 0 Å². The van der Waals surface area contributed by atoms with Gasteiger partial charge in [-0.15, -0.1) is 0 Å². The van der Waals surface area contributed by atoms with Gasteiger partial charge in [0, 0.05) is 11.1 Å². The lowest BCUT2D eigenvalue weighted by Gasteiger charge is -2.24. The monoisotopic (exact) mass is 313 g/mol. The van der Waals surface area contributed by atoms with Crippen LogP contribution in [0.3, 0.4) is 0 Å². The van der Waals surface area contributed by atoms with Crippen molar-refractivity contribution in [3.63, 3.8) is 0 Å². The Balaban J connectivity index is 2.89. The van der Waals surface area contributed by atoms with E-state index in [-0.39, 0.29) is 5.41 Å². The number of rotatable bonds is 9. The zero-order valence-electron chi connectivity index (χ0n) is 13.9. The molecule has 21 heavy (non-hydrogen) atoms. The van der Waals surface area contributed by atoms with Crippen molar-refractivity contribution in [2.75, 3.05) is 26.8 Å². The summed E-state index contributed by atoms with van der Waals surface area (Å²) in [6, 6.07) is 3.89. The van der Waals surface area contributed by atoms with Gasteiger partial charge >= 0.3 is 0 Å². The zero-order valence-corrected chi connectivity index (χ0v) is 14.6. The molecule has 4 heteroatoms. The van der Waals surface area contributed by atoms with Gasteiger partial charge in [-0.3, -0.25) is 0 Å². The number of halogens is 1. The average molecular weight is 314 g/mol. The van der Waals surface area contributed by atoms with Crippen molar-refractivity contribution in [1.29, 1.82) is 0 Å². The molecule has 0 aromatic heterocycles. The molecule has 0 unspecified atom stereocenters. The van der Waals surface area contributed by atoms with Crippen molar-refractivity contribution in [3.8, 4) is 11.5 Å². The minimum atomic E-state index is 0.239. The largest absolute Gasteiger partial charge is 0.490 e. The summed E-state index contributed by atoms with van der Waals surface area (Å²) in [6.45, 7) is 10.7. The molecule has 0 aliphatic carbocycles. The van der Waals surface area contributed by atoms with Crippen LogP contribution in [0.1, 0.15) is 39.7 Å². The summed E-state index contributed by atoms with van der Waals surface area (Å²) in [5.74, 6) is 1.51. The smallest absolute Gasteiger partial charge is 0.162 e. The number of ether oxygens (including phenoxy) is 2. The maximum atomic E-state index is 6.39. The van der Waals surface area contributed by atoms with Gasteiger partial charge in [-0.05, 0) is 57.3 Å². The number of aryl methyl sites for hydroxylation is 1. The molecule has 0 aliphatic rings. The number of benzene rings is 1. The van der Waals surface area contributed by atoms with Gasteiger partial charge in [0.2, 0.25) is 0 Å². The fraction of sp³-hybridized carbons (Fsp3) is 0.647. The highest BCUT2D eigenvalue weighted by Gasteiger charge is 2.18. The lowest BCUT2D eigenvalue weighted by Crippen LogP contribution is -2.27. The maximum Gasteiger partial charge on any atom is 0.162 e. The minimum absolute atomic E-state index is 0.239. The second-order valence-corrected chi connectivity index (χ2v) is 6.36. The Hall–Kier alpha value is -0.930. The highest BCUT2D eigenvalue weighted by Crippen LogP contribution is 2.35. The molecule has 1 rings (SSSR count). The van der Waals surface area contributed by atoms with Crippen LogP contribution >= 0.6 is 11.6 Å². The summed E-state index contributed by atoms with van der Waals surface area (Å²) in [5.41, 5.74) is 1.36. The van der Waals surface area contributed by atoms with E-state index in [4.69, 9.17) is 21.1 Å². The van der Waals surface area contributed by atoms with Crippen LogP contribution in [0.15, 0.2) is 12.1 Å². The fourth-order valence-electron chi connectivity index (χ4n) is 2.35.